The van der Waals surface area contributed by atoms with E-state index in [1.807, 2.05) is 0 Å². The van der Waals surface area contributed by atoms with Crippen LogP contribution in [-0.2, 0) is 10.0 Å². The first kappa shape index (κ1) is 14.0. The number of anilines is 1. The van der Waals surface area contributed by atoms with Gasteiger partial charge in [0.15, 0.2) is 4.21 Å². The van der Waals surface area contributed by atoms with Crippen molar-refractivity contribution in [3.8, 4) is 0 Å². The molecule has 9 heteroatoms. The van der Waals surface area contributed by atoms with Crippen molar-refractivity contribution in [3.63, 3.8) is 0 Å². The first-order chi connectivity index (χ1) is 8.90. The van der Waals surface area contributed by atoms with E-state index in [9.17, 15) is 13.2 Å². The van der Waals surface area contributed by atoms with E-state index in [0.717, 1.165) is 17.5 Å². The lowest BCUT2D eigenvalue weighted by Gasteiger charge is -2.06. The van der Waals surface area contributed by atoms with Crippen molar-refractivity contribution in [2.24, 2.45) is 0 Å². The Morgan fingerprint density at radius 2 is 2.16 bits per heavy atom. The molecule has 19 heavy (non-hydrogen) atoms. The Kier molecular flexibility index (Phi) is 3.88. The molecule has 2 aromatic rings. The minimum Gasteiger partial charge on any atom is -0.478 e. The van der Waals surface area contributed by atoms with E-state index in [-0.39, 0.29) is 15.5 Å². The third-order valence-corrected chi connectivity index (χ3v) is 6.12. The number of rotatable bonds is 4. The smallest absolute Gasteiger partial charge is 0.337 e. The van der Waals surface area contributed by atoms with Crippen LogP contribution in [0, 0.1) is 0 Å². The molecule has 2 rings (SSSR count). The van der Waals surface area contributed by atoms with Crippen molar-refractivity contribution >= 4 is 48.9 Å². The third-order valence-electron chi connectivity index (χ3n) is 2.07. The van der Waals surface area contributed by atoms with Crippen LogP contribution in [0.4, 0.5) is 5.69 Å². The normalized spacial score (nSPS) is 11.2. The zero-order valence-electron chi connectivity index (χ0n) is 9.20. The van der Waals surface area contributed by atoms with Crippen molar-refractivity contribution < 1.29 is 18.3 Å². The molecule has 0 spiro atoms. The van der Waals surface area contributed by atoms with Crippen LogP contribution >= 0.6 is 27.3 Å². The molecule has 6 nitrogen and oxygen atoms in total. The average molecular weight is 363 g/mol. The second-order valence-electron chi connectivity index (χ2n) is 3.43. The Balaban J connectivity index is 2.34. The SMILES string of the molecule is O=C(O)c1cncc(NS(=O)(=O)c2sccc2Br)c1. The number of hydrogen-bond donors (Lipinski definition) is 2. The van der Waals surface area contributed by atoms with Gasteiger partial charge < -0.3 is 5.11 Å². The molecule has 2 N–H and O–H groups in total. The molecule has 2 aromatic heterocycles. The number of carboxylic acid groups (broad SMARTS) is 1. The fraction of sp³-hybridized carbons (Fsp3) is 0. The van der Waals surface area contributed by atoms with Crippen LogP contribution in [0.5, 0.6) is 0 Å². The number of nitrogens with zero attached hydrogens (tertiary/aromatic N) is 1. The molecule has 0 fully saturated rings. The topological polar surface area (TPSA) is 96.4 Å². The van der Waals surface area contributed by atoms with Gasteiger partial charge in [-0.2, -0.15) is 0 Å². The lowest BCUT2D eigenvalue weighted by atomic mass is 10.3. The third kappa shape index (κ3) is 3.11. The molecule has 0 aliphatic heterocycles. The molecule has 0 aliphatic carbocycles. The van der Waals surface area contributed by atoms with Crippen LogP contribution in [0.2, 0.25) is 0 Å². The van der Waals surface area contributed by atoms with Crippen molar-refractivity contribution in [3.05, 3.63) is 39.9 Å². The molecule has 0 amide bonds. The number of aromatic nitrogens is 1. The highest BCUT2D eigenvalue weighted by Crippen LogP contribution is 2.29. The maximum absolute atomic E-state index is 12.1. The zero-order valence-corrected chi connectivity index (χ0v) is 12.4. The number of carboxylic acids is 1. The van der Waals surface area contributed by atoms with E-state index >= 15 is 0 Å². The van der Waals surface area contributed by atoms with E-state index < -0.39 is 16.0 Å². The summed E-state index contributed by atoms with van der Waals surface area (Å²) in [7, 11) is -3.75. The second kappa shape index (κ2) is 5.27. The van der Waals surface area contributed by atoms with Gasteiger partial charge in [-0.25, -0.2) is 13.2 Å². The number of sulfonamides is 1. The summed E-state index contributed by atoms with van der Waals surface area (Å²) in [5.74, 6) is -1.18. The molecular formula is C10H7BrN2O4S2. The molecule has 100 valence electrons. The van der Waals surface area contributed by atoms with Gasteiger partial charge in [-0.3, -0.25) is 9.71 Å². The molecular weight excluding hydrogens is 356 g/mol. The minimum absolute atomic E-state index is 0.0922. The van der Waals surface area contributed by atoms with E-state index in [2.05, 4.69) is 25.6 Å². The number of thiophene rings is 1. The van der Waals surface area contributed by atoms with Gasteiger partial charge >= 0.3 is 5.97 Å². The Morgan fingerprint density at radius 1 is 1.42 bits per heavy atom. The summed E-state index contributed by atoms with van der Waals surface area (Å²) in [6, 6.07) is 2.82. The summed E-state index contributed by atoms with van der Waals surface area (Å²) in [4.78, 5) is 14.5. The summed E-state index contributed by atoms with van der Waals surface area (Å²) < 4.78 is 27.0. The Hall–Kier alpha value is -1.45. The number of aromatic carboxylic acids is 1. The largest absolute Gasteiger partial charge is 0.478 e. The van der Waals surface area contributed by atoms with Crippen molar-refractivity contribution in [2.45, 2.75) is 4.21 Å². The number of halogens is 1. The standard InChI is InChI=1S/C10H7BrN2O4S2/c11-8-1-2-18-10(8)19(16,17)13-7-3-6(9(14)15)4-12-5-7/h1-5,13H,(H,14,15). The van der Waals surface area contributed by atoms with Crippen molar-refractivity contribution in [1.82, 2.24) is 4.98 Å². The monoisotopic (exact) mass is 362 g/mol. The van der Waals surface area contributed by atoms with Gasteiger partial charge in [0.1, 0.15) is 0 Å². The molecule has 0 radical (unpaired) electrons. The summed E-state index contributed by atoms with van der Waals surface area (Å²) in [6.45, 7) is 0. The van der Waals surface area contributed by atoms with Crippen LogP contribution in [-0.4, -0.2) is 24.5 Å². The highest BCUT2D eigenvalue weighted by Gasteiger charge is 2.19. The van der Waals surface area contributed by atoms with Crippen molar-refractivity contribution in [2.75, 3.05) is 4.72 Å². The Bertz CT molecular complexity index is 727. The maximum Gasteiger partial charge on any atom is 0.337 e. The average Bonchev–Trinajstić information content (AvgIpc) is 2.76. The molecule has 0 saturated heterocycles. The van der Waals surface area contributed by atoms with Crippen molar-refractivity contribution in [1.29, 1.82) is 0 Å². The van der Waals surface area contributed by atoms with E-state index in [0.29, 0.717) is 4.47 Å². The first-order valence-electron chi connectivity index (χ1n) is 4.84. The Morgan fingerprint density at radius 3 is 2.74 bits per heavy atom. The van der Waals surface area contributed by atoms with Crippen LogP contribution in [0.15, 0.2) is 38.6 Å². The fourth-order valence-electron chi connectivity index (χ4n) is 1.29. The van der Waals surface area contributed by atoms with Gasteiger partial charge in [-0.05, 0) is 33.4 Å². The highest BCUT2D eigenvalue weighted by atomic mass is 79.9. The minimum atomic E-state index is -3.75. The summed E-state index contributed by atoms with van der Waals surface area (Å²) in [5, 5.41) is 10.4. The van der Waals surface area contributed by atoms with Gasteiger partial charge in [-0.15, -0.1) is 11.3 Å². The van der Waals surface area contributed by atoms with Crippen LogP contribution in [0.3, 0.4) is 0 Å². The number of carbonyl (C=O) groups is 1. The molecule has 0 saturated carbocycles. The molecule has 2 heterocycles. The van der Waals surface area contributed by atoms with E-state index in [1.54, 1.807) is 11.4 Å². The molecule has 0 bridgehead atoms. The number of hydrogen-bond acceptors (Lipinski definition) is 5. The summed E-state index contributed by atoms with van der Waals surface area (Å²) >= 11 is 4.19. The summed E-state index contributed by atoms with van der Waals surface area (Å²) in [6.07, 6.45) is 2.38. The fourth-order valence-corrected chi connectivity index (χ4v) is 4.66. The van der Waals surface area contributed by atoms with Gasteiger partial charge in [0.05, 0.1) is 17.4 Å². The molecule has 0 aromatic carbocycles. The predicted octanol–water partition coefficient (Wildman–Crippen LogP) is 2.40. The van der Waals surface area contributed by atoms with Crippen LogP contribution in [0.25, 0.3) is 0 Å². The van der Waals surface area contributed by atoms with E-state index in [1.165, 1.54) is 12.3 Å². The van der Waals surface area contributed by atoms with Gasteiger partial charge in [0, 0.05) is 10.7 Å². The molecule has 0 unspecified atom stereocenters. The predicted molar refractivity (Wildman–Crippen MR) is 74.0 cm³/mol. The van der Waals surface area contributed by atoms with Gasteiger partial charge in [0.2, 0.25) is 0 Å². The molecule has 0 aliphatic rings. The molecule has 0 atom stereocenters. The quantitative estimate of drug-likeness (QED) is 0.870. The van der Waals surface area contributed by atoms with Gasteiger partial charge in [-0.1, -0.05) is 0 Å². The zero-order chi connectivity index (χ0) is 14.0. The number of pyridine rings is 1. The second-order valence-corrected chi connectivity index (χ2v) is 7.08. The van der Waals surface area contributed by atoms with Gasteiger partial charge in [0.25, 0.3) is 10.0 Å². The Labute approximate surface area is 121 Å². The lowest BCUT2D eigenvalue weighted by Crippen LogP contribution is -2.12. The first-order valence-corrected chi connectivity index (χ1v) is 8.00. The number of nitrogens with one attached hydrogen (secondary N) is 1. The van der Waals surface area contributed by atoms with Crippen LogP contribution < -0.4 is 4.72 Å². The maximum atomic E-state index is 12.1. The van der Waals surface area contributed by atoms with E-state index in [4.69, 9.17) is 5.11 Å². The highest BCUT2D eigenvalue weighted by molar-refractivity contribution is 9.10. The summed E-state index contributed by atoms with van der Waals surface area (Å²) in [5.41, 5.74) is 0.00523. The van der Waals surface area contributed by atoms with Crippen LogP contribution in [0.1, 0.15) is 10.4 Å². The lowest BCUT2D eigenvalue weighted by molar-refractivity contribution is 0.0696.